The number of rotatable bonds is 3. The number of nitrogens with zero attached hydrogens (tertiary/aromatic N) is 1. The third-order valence-electron chi connectivity index (χ3n) is 3.33. The number of carbonyl (C=O) groups is 3. The molecular formula is C13H13BrN2O4. The van der Waals surface area contributed by atoms with E-state index < -0.39 is 17.8 Å². The van der Waals surface area contributed by atoms with Crippen LogP contribution in [0.1, 0.15) is 22.3 Å². The molecule has 3 N–H and O–H groups in total. The summed E-state index contributed by atoms with van der Waals surface area (Å²) in [7, 11) is 0. The molecule has 1 heterocycles. The lowest BCUT2D eigenvalue weighted by Gasteiger charge is -2.20. The quantitative estimate of drug-likeness (QED) is 0.865. The van der Waals surface area contributed by atoms with E-state index in [1.165, 1.54) is 11.0 Å². The maximum absolute atomic E-state index is 12.0. The highest BCUT2D eigenvalue weighted by molar-refractivity contribution is 9.10. The molecule has 0 bridgehead atoms. The van der Waals surface area contributed by atoms with Crippen molar-refractivity contribution < 1.29 is 19.5 Å². The molecule has 0 spiro atoms. The molecule has 0 aliphatic carbocycles. The molecule has 1 fully saturated rings. The molecule has 1 aliphatic heterocycles. The molecule has 1 saturated heterocycles. The Morgan fingerprint density at radius 1 is 1.45 bits per heavy atom. The number of amides is 2. The molecule has 1 aromatic carbocycles. The number of carboxylic acid groups (broad SMARTS) is 1. The Kier molecular flexibility index (Phi) is 3.80. The number of aryl methyl sites for hydroxylation is 1. The van der Waals surface area contributed by atoms with Gasteiger partial charge < -0.3 is 15.7 Å². The van der Waals surface area contributed by atoms with Gasteiger partial charge in [0.05, 0.1) is 11.5 Å². The van der Waals surface area contributed by atoms with Gasteiger partial charge in [0.25, 0.3) is 0 Å². The minimum atomic E-state index is -1.09. The number of benzene rings is 1. The van der Waals surface area contributed by atoms with Gasteiger partial charge in [-0.25, -0.2) is 4.79 Å². The van der Waals surface area contributed by atoms with Crippen molar-refractivity contribution in [1.82, 2.24) is 0 Å². The maximum Gasteiger partial charge on any atom is 0.336 e. The predicted octanol–water partition coefficient (Wildman–Crippen LogP) is 1.29. The Bertz CT molecular complexity index is 615. The van der Waals surface area contributed by atoms with Crippen molar-refractivity contribution in [3.63, 3.8) is 0 Å². The zero-order chi connectivity index (χ0) is 15.0. The first-order chi connectivity index (χ1) is 9.31. The third-order valence-corrected chi connectivity index (χ3v) is 3.99. The van der Waals surface area contributed by atoms with Gasteiger partial charge in [-0.1, -0.05) is 0 Å². The first-order valence-corrected chi connectivity index (χ1v) is 6.73. The van der Waals surface area contributed by atoms with E-state index in [1.54, 1.807) is 13.0 Å². The largest absolute Gasteiger partial charge is 0.478 e. The monoisotopic (exact) mass is 340 g/mol. The normalized spacial score (nSPS) is 18.4. The number of primary amides is 1. The van der Waals surface area contributed by atoms with Crippen molar-refractivity contribution in [2.24, 2.45) is 11.7 Å². The van der Waals surface area contributed by atoms with Crippen LogP contribution in [0.2, 0.25) is 0 Å². The zero-order valence-corrected chi connectivity index (χ0v) is 12.3. The highest BCUT2D eigenvalue weighted by atomic mass is 79.9. The van der Waals surface area contributed by atoms with Gasteiger partial charge in [-0.15, -0.1) is 0 Å². The number of hydrogen-bond acceptors (Lipinski definition) is 3. The van der Waals surface area contributed by atoms with E-state index in [0.29, 0.717) is 10.2 Å². The van der Waals surface area contributed by atoms with E-state index in [9.17, 15) is 14.4 Å². The SMILES string of the molecule is Cc1cc(Br)c(C(=O)O)cc1N1CC(C(N)=O)CC1=O. The minimum Gasteiger partial charge on any atom is -0.478 e. The van der Waals surface area contributed by atoms with Crippen LogP contribution in [-0.4, -0.2) is 29.4 Å². The number of anilines is 1. The van der Waals surface area contributed by atoms with Crippen molar-refractivity contribution in [2.45, 2.75) is 13.3 Å². The molecule has 0 aromatic heterocycles. The standard InChI is InChI=1S/C13H13BrN2O4/c1-6-2-9(14)8(13(19)20)4-10(6)16-5-7(12(15)18)3-11(16)17/h2,4,7H,3,5H2,1H3,(H2,15,18)(H,19,20). The van der Waals surface area contributed by atoms with Crippen molar-refractivity contribution in [1.29, 1.82) is 0 Å². The molecule has 106 valence electrons. The first kappa shape index (κ1) is 14.5. The van der Waals surface area contributed by atoms with E-state index in [1.807, 2.05) is 0 Å². The maximum atomic E-state index is 12.0. The summed E-state index contributed by atoms with van der Waals surface area (Å²) in [5.41, 5.74) is 6.54. The van der Waals surface area contributed by atoms with Gasteiger partial charge in [-0.3, -0.25) is 9.59 Å². The van der Waals surface area contributed by atoms with Crippen molar-refractivity contribution >= 4 is 39.4 Å². The Balaban J connectivity index is 2.43. The zero-order valence-electron chi connectivity index (χ0n) is 10.7. The van der Waals surface area contributed by atoms with E-state index >= 15 is 0 Å². The second kappa shape index (κ2) is 5.24. The van der Waals surface area contributed by atoms with Crippen LogP contribution in [0.3, 0.4) is 0 Å². The van der Waals surface area contributed by atoms with E-state index in [2.05, 4.69) is 15.9 Å². The number of carboxylic acids is 1. The molecule has 1 unspecified atom stereocenters. The molecule has 6 nitrogen and oxygen atoms in total. The van der Waals surface area contributed by atoms with Gasteiger partial charge in [0, 0.05) is 23.1 Å². The molecule has 1 atom stereocenters. The highest BCUT2D eigenvalue weighted by Crippen LogP contribution is 2.32. The smallest absolute Gasteiger partial charge is 0.336 e. The lowest BCUT2D eigenvalue weighted by molar-refractivity contribution is -0.123. The van der Waals surface area contributed by atoms with Gasteiger partial charge in [0.15, 0.2) is 0 Å². The van der Waals surface area contributed by atoms with Crippen molar-refractivity contribution in [2.75, 3.05) is 11.4 Å². The summed E-state index contributed by atoms with van der Waals surface area (Å²) in [5.74, 6) is -2.36. The number of aromatic carboxylic acids is 1. The highest BCUT2D eigenvalue weighted by Gasteiger charge is 2.35. The number of nitrogens with two attached hydrogens (primary N) is 1. The summed E-state index contributed by atoms with van der Waals surface area (Å²) < 4.78 is 0.448. The number of halogens is 1. The van der Waals surface area contributed by atoms with E-state index in [0.717, 1.165) is 5.56 Å². The summed E-state index contributed by atoms with van der Waals surface area (Å²) in [6.45, 7) is 1.96. The fourth-order valence-corrected chi connectivity index (χ4v) is 2.87. The van der Waals surface area contributed by atoms with Gasteiger partial charge >= 0.3 is 5.97 Å². The second-order valence-corrected chi connectivity index (χ2v) is 5.59. The fourth-order valence-electron chi connectivity index (χ4n) is 2.25. The van der Waals surface area contributed by atoms with Gasteiger partial charge in [-0.05, 0) is 40.5 Å². The summed E-state index contributed by atoms with van der Waals surface area (Å²) in [6.07, 6.45) is 0.0627. The number of carbonyl (C=O) groups excluding carboxylic acids is 2. The van der Waals surface area contributed by atoms with E-state index in [-0.39, 0.29) is 24.4 Å². The summed E-state index contributed by atoms with van der Waals surface area (Å²) >= 11 is 3.18. The summed E-state index contributed by atoms with van der Waals surface area (Å²) in [5, 5.41) is 9.12. The Hall–Kier alpha value is -1.89. The van der Waals surface area contributed by atoms with Crippen LogP contribution in [0.25, 0.3) is 0 Å². The molecule has 2 rings (SSSR count). The minimum absolute atomic E-state index is 0.0627. The summed E-state index contributed by atoms with van der Waals surface area (Å²) in [4.78, 5) is 35.7. The molecule has 1 aliphatic rings. The topological polar surface area (TPSA) is 101 Å². The van der Waals surface area contributed by atoms with Crippen LogP contribution in [0, 0.1) is 12.8 Å². The van der Waals surface area contributed by atoms with Crippen molar-refractivity contribution in [3.8, 4) is 0 Å². The molecule has 1 aromatic rings. The van der Waals surface area contributed by atoms with Crippen LogP contribution in [0.4, 0.5) is 5.69 Å². The predicted molar refractivity (Wildman–Crippen MR) is 75.5 cm³/mol. The first-order valence-electron chi connectivity index (χ1n) is 5.94. The Morgan fingerprint density at radius 3 is 2.60 bits per heavy atom. The number of hydrogen-bond donors (Lipinski definition) is 2. The van der Waals surface area contributed by atoms with E-state index in [4.69, 9.17) is 10.8 Å². The molecule has 0 saturated carbocycles. The lowest BCUT2D eigenvalue weighted by Crippen LogP contribution is -2.29. The fraction of sp³-hybridized carbons (Fsp3) is 0.308. The van der Waals surface area contributed by atoms with Gasteiger partial charge in [0.2, 0.25) is 11.8 Å². The molecule has 0 radical (unpaired) electrons. The van der Waals surface area contributed by atoms with Crippen molar-refractivity contribution in [3.05, 3.63) is 27.7 Å². The van der Waals surface area contributed by atoms with Crippen LogP contribution < -0.4 is 10.6 Å². The van der Waals surface area contributed by atoms with Crippen LogP contribution in [0.15, 0.2) is 16.6 Å². The van der Waals surface area contributed by atoms with Crippen LogP contribution in [-0.2, 0) is 9.59 Å². The third kappa shape index (κ3) is 2.53. The molecule has 20 heavy (non-hydrogen) atoms. The van der Waals surface area contributed by atoms with Gasteiger partial charge in [0.1, 0.15) is 0 Å². The summed E-state index contributed by atoms with van der Waals surface area (Å²) in [6, 6.07) is 3.08. The molecular weight excluding hydrogens is 328 g/mol. The molecule has 7 heteroatoms. The van der Waals surface area contributed by atoms with Crippen LogP contribution >= 0.6 is 15.9 Å². The second-order valence-electron chi connectivity index (χ2n) is 4.73. The average molecular weight is 341 g/mol. The Labute approximate surface area is 123 Å². The Morgan fingerprint density at radius 2 is 2.10 bits per heavy atom. The lowest BCUT2D eigenvalue weighted by atomic mass is 10.1. The van der Waals surface area contributed by atoms with Gasteiger partial charge in [-0.2, -0.15) is 0 Å². The average Bonchev–Trinajstić information content (AvgIpc) is 2.71. The molecule has 2 amide bonds. The van der Waals surface area contributed by atoms with Crippen LogP contribution in [0.5, 0.6) is 0 Å².